The molecule has 7 heteroatoms. The Hall–Kier alpha value is -2.18. The molecule has 24 heavy (non-hydrogen) atoms. The van der Waals surface area contributed by atoms with Crippen molar-refractivity contribution in [2.75, 3.05) is 0 Å². The lowest BCUT2D eigenvalue weighted by molar-refractivity contribution is -0.139. The number of hydrazone groups is 1. The number of carboxylic acid groups (broad SMARTS) is 2. The van der Waals surface area contributed by atoms with Gasteiger partial charge in [-0.15, -0.1) is 0 Å². The summed E-state index contributed by atoms with van der Waals surface area (Å²) in [4.78, 5) is 25.2. The summed E-state index contributed by atoms with van der Waals surface area (Å²) in [6.07, 6.45) is 13.9. The molecular weight excluding hydrogens is 310 g/mol. The van der Waals surface area contributed by atoms with E-state index in [2.05, 4.69) is 15.5 Å². The summed E-state index contributed by atoms with van der Waals surface area (Å²) in [6, 6.07) is 0. The number of hydrogen-bond donors (Lipinski definition) is 3. The highest BCUT2D eigenvalue weighted by molar-refractivity contribution is 6.16. The average molecular weight is 337 g/mol. The molecule has 1 heterocycles. The normalized spacial score (nSPS) is 23.5. The van der Waals surface area contributed by atoms with E-state index in [1.54, 1.807) is 24.8 Å². The van der Waals surface area contributed by atoms with Crippen molar-refractivity contribution in [1.82, 2.24) is 5.43 Å². The Bertz CT molecular complexity index is 434. The van der Waals surface area contributed by atoms with Crippen molar-refractivity contribution in [3.05, 3.63) is 12.4 Å². The van der Waals surface area contributed by atoms with Gasteiger partial charge in [0, 0.05) is 31.5 Å². The zero-order valence-electron chi connectivity index (χ0n) is 13.9. The van der Waals surface area contributed by atoms with Gasteiger partial charge in [-0.25, -0.2) is 0 Å². The maximum absolute atomic E-state index is 10.7. The first kappa shape index (κ1) is 19.9. The number of carboxylic acids is 2. The summed E-state index contributed by atoms with van der Waals surface area (Å²) in [7, 11) is 0. The number of nitrogens with one attached hydrogen (secondary N) is 1. The quantitative estimate of drug-likeness (QED) is 0.730. The van der Waals surface area contributed by atoms with Crippen LogP contribution in [-0.2, 0) is 9.59 Å². The molecule has 0 aromatic carbocycles. The van der Waals surface area contributed by atoms with Crippen LogP contribution < -0.4 is 5.43 Å². The predicted molar refractivity (Wildman–Crippen MR) is 93.1 cm³/mol. The lowest BCUT2D eigenvalue weighted by atomic mass is 9.89. The van der Waals surface area contributed by atoms with Gasteiger partial charge >= 0.3 is 11.9 Å². The van der Waals surface area contributed by atoms with Crippen LogP contribution >= 0.6 is 0 Å². The zero-order chi connectivity index (χ0) is 17.6. The minimum atomic E-state index is -0.732. The minimum Gasteiger partial charge on any atom is -0.481 e. The van der Waals surface area contributed by atoms with Gasteiger partial charge < -0.3 is 10.2 Å². The Morgan fingerprint density at radius 2 is 1.50 bits per heavy atom. The van der Waals surface area contributed by atoms with Crippen LogP contribution in [0.3, 0.4) is 0 Å². The van der Waals surface area contributed by atoms with Crippen LogP contribution in [0.1, 0.15) is 57.8 Å². The Balaban J connectivity index is 0.000000341. The van der Waals surface area contributed by atoms with Crippen molar-refractivity contribution in [3.63, 3.8) is 0 Å². The monoisotopic (exact) mass is 337 g/mol. The molecule has 0 spiro atoms. The fourth-order valence-electron chi connectivity index (χ4n) is 2.99. The van der Waals surface area contributed by atoms with Crippen LogP contribution in [-0.4, -0.2) is 34.6 Å². The van der Waals surface area contributed by atoms with Crippen molar-refractivity contribution in [2.24, 2.45) is 21.9 Å². The van der Waals surface area contributed by atoms with E-state index in [1.807, 2.05) is 0 Å². The van der Waals surface area contributed by atoms with Gasteiger partial charge in [0.1, 0.15) is 0 Å². The Morgan fingerprint density at radius 3 is 2.04 bits per heavy atom. The molecule has 134 valence electrons. The predicted octanol–water partition coefficient (Wildman–Crippen LogP) is 3.03. The number of hydrogen-bond acceptors (Lipinski definition) is 5. The Labute approximate surface area is 142 Å². The van der Waals surface area contributed by atoms with Gasteiger partial charge in [-0.2, -0.15) is 5.10 Å². The number of nitrogens with zero attached hydrogens (tertiary/aromatic N) is 2. The van der Waals surface area contributed by atoms with Gasteiger partial charge in [0.25, 0.3) is 0 Å². The molecule has 0 radical (unpaired) electrons. The van der Waals surface area contributed by atoms with Crippen LogP contribution in [0.25, 0.3) is 0 Å². The Kier molecular flexibility index (Phi) is 10.2. The number of rotatable bonds is 4. The molecule has 0 bridgehead atoms. The molecule has 0 amide bonds. The van der Waals surface area contributed by atoms with Gasteiger partial charge in [0.2, 0.25) is 0 Å². The molecule has 0 aromatic rings. The number of aliphatic imine (C=N–C) groups is 1. The van der Waals surface area contributed by atoms with E-state index in [9.17, 15) is 9.59 Å². The van der Waals surface area contributed by atoms with Gasteiger partial charge in [0.05, 0.1) is 6.21 Å². The lowest BCUT2D eigenvalue weighted by Gasteiger charge is -2.16. The fraction of sp³-hybridized carbons (Fsp3) is 0.647. The van der Waals surface area contributed by atoms with E-state index in [4.69, 9.17) is 10.2 Å². The second kappa shape index (κ2) is 12.3. The summed E-state index contributed by atoms with van der Waals surface area (Å²) in [5, 5.41) is 21.3. The molecule has 0 saturated heterocycles. The molecule has 1 aliphatic carbocycles. The topological polar surface area (TPSA) is 111 Å². The maximum Gasteiger partial charge on any atom is 0.303 e. The first-order chi connectivity index (χ1) is 11.6. The molecule has 1 aliphatic heterocycles. The van der Waals surface area contributed by atoms with Gasteiger partial charge in [0.15, 0.2) is 0 Å². The summed E-state index contributed by atoms with van der Waals surface area (Å²) in [5.74, 6) is -0.989. The van der Waals surface area contributed by atoms with Crippen LogP contribution in [0.5, 0.6) is 0 Å². The lowest BCUT2D eigenvalue weighted by Crippen LogP contribution is -2.11. The molecule has 1 saturated carbocycles. The summed E-state index contributed by atoms with van der Waals surface area (Å²) in [5.41, 5.74) is 2.61. The van der Waals surface area contributed by atoms with Gasteiger partial charge in [-0.1, -0.05) is 19.3 Å². The Morgan fingerprint density at radius 1 is 0.917 bits per heavy atom. The van der Waals surface area contributed by atoms with Crippen molar-refractivity contribution in [2.45, 2.75) is 57.8 Å². The highest BCUT2D eigenvalue weighted by Crippen LogP contribution is 2.29. The summed E-state index contributed by atoms with van der Waals surface area (Å²) < 4.78 is 0. The first-order valence-corrected chi connectivity index (χ1v) is 8.47. The summed E-state index contributed by atoms with van der Waals surface area (Å²) >= 11 is 0. The zero-order valence-corrected chi connectivity index (χ0v) is 13.9. The average Bonchev–Trinajstić information content (AvgIpc) is 2.78. The van der Waals surface area contributed by atoms with Crippen molar-refractivity contribution in [3.8, 4) is 0 Å². The highest BCUT2D eigenvalue weighted by atomic mass is 16.4. The van der Waals surface area contributed by atoms with Crippen LogP contribution in [0, 0.1) is 11.8 Å². The third kappa shape index (κ3) is 10.5. The van der Waals surface area contributed by atoms with Crippen molar-refractivity contribution < 1.29 is 19.8 Å². The SMILES string of the molecule is C1=CNN=CC=N1.O=C(O)CC1CCCCCC(CC(=O)O)CC1. The molecule has 2 unspecified atom stereocenters. The van der Waals surface area contributed by atoms with E-state index < -0.39 is 11.9 Å². The number of carbonyl (C=O) groups is 2. The highest BCUT2D eigenvalue weighted by Gasteiger charge is 2.19. The van der Waals surface area contributed by atoms with E-state index >= 15 is 0 Å². The smallest absolute Gasteiger partial charge is 0.303 e. The molecule has 2 atom stereocenters. The third-order valence-electron chi connectivity index (χ3n) is 4.17. The maximum atomic E-state index is 10.7. The van der Waals surface area contributed by atoms with E-state index in [0.29, 0.717) is 0 Å². The molecule has 3 N–H and O–H groups in total. The fourth-order valence-corrected chi connectivity index (χ4v) is 2.99. The second-order valence-electron chi connectivity index (χ2n) is 6.16. The van der Waals surface area contributed by atoms with E-state index in [1.165, 1.54) is 0 Å². The van der Waals surface area contributed by atoms with Crippen molar-refractivity contribution in [1.29, 1.82) is 0 Å². The van der Waals surface area contributed by atoms with E-state index in [-0.39, 0.29) is 24.7 Å². The largest absolute Gasteiger partial charge is 0.481 e. The van der Waals surface area contributed by atoms with E-state index in [0.717, 1.165) is 44.9 Å². The summed E-state index contributed by atoms with van der Waals surface area (Å²) in [6.45, 7) is 0. The standard InChI is InChI=1S/C13H22O4.C4H5N3/c14-12(15)8-10-4-2-1-3-5-11(7-6-10)9-13(16)17;1-3-6-7-4-2-5-1/h10-11H,1-9H2,(H,14,15)(H,16,17);1-4,6H. The van der Waals surface area contributed by atoms with Crippen LogP contribution in [0.4, 0.5) is 0 Å². The first-order valence-electron chi connectivity index (χ1n) is 8.47. The van der Waals surface area contributed by atoms with Gasteiger partial charge in [-0.05, 0) is 37.5 Å². The molecular formula is C17H27N3O4. The van der Waals surface area contributed by atoms with Crippen LogP contribution in [0.15, 0.2) is 22.5 Å². The van der Waals surface area contributed by atoms with Crippen molar-refractivity contribution >= 4 is 24.4 Å². The number of aliphatic carboxylic acids is 2. The molecule has 2 aliphatic rings. The van der Waals surface area contributed by atoms with Crippen LogP contribution in [0.2, 0.25) is 0 Å². The molecule has 7 nitrogen and oxygen atoms in total. The van der Waals surface area contributed by atoms with Gasteiger partial charge in [-0.3, -0.25) is 20.0 Å². The molecule has 2 rings (SSSR count). The molecule has 1 fully saturated rings. The second-order valence-corrected chi connectivity index (χ2v) is 6.16. The minimum absolute atomic E-state index is 0.236. The molecule has 0 aromatic heterocycles. The third-order valence-corrected chi connectivity index (χ3v) is 4.17.